The van der Waals surface area contributed by atoms with Gasteiger partial charge in [0.15, 0.2) is 0 Å². The molecule has 20 heavy (non-hydrogen) atoms. The molecule has 0 saturated heterocycles. The molecule has 0 aliphatic carbocycles. The maximum absolute atomic E-state index is 5.69. The molecule has 0 spiro atoms. The molecular formula is C16H22N2OS. The van der Waals surface area contributed by atoms with E-state index in [1.165, 1.54) is 5.56 Å². The van der Waals surface area contributed by atoms with Gasteiger partial charge >= 0.3 is 0 Å². The van der Waals surface area contributed by atoms with Crippen molar-refractivity contribution in [3.63, 3.8) is 0 Å². The molecule has 2 rings (SSSR count). The monoisotopic (exact) mass is 290 g/mol. The van der Waals surface area contributed by atoms with Crippen LogP contribution in [0.15, 0.2) is 35.2 Å². The molecule has 1 unspecified atom stereocenters. The van der Waals surface area contributed by atoms with Crippen LogP contribution >= 0.6 is 11.3 Å². The van der Waals surface area contributed by atoms with Crippen molar-refractivity contribution >= 4 is 11.3 Å². The lowest BCUT2D eigenvalue weighted by Gasteiger charge is -2.14. The van der Waals surface area contributed by atoms with Crippen LogP contribution in [0.5, 0.6) is 5.75 Å². The van der Waals surface area contributed by atoms with Crippen molar-refractivity contribution in [3.05, 3.63) is 46.4 Å². The third kappa shape index (κ3) is 4.62. The van der Waals surface area contributed by atoms with E-state index in [1.807, 2.05) is 17.6 Å². The van der Waals surface area contributed by atoms with Crippen LogP contribution in [0.2, 0.25) is 0 Å². The fraction of sp³-hybridized carbons (Fsp3) is 0.438. The minimum atomic E-state index is 0.302. The maximum atomic E-state index is 5.69. The van der Waals surface area contributed by atoms with Crippen LogP contribution in [0, 0.1) is 5.92 Å². The molecule has 0 bridgehead atoms. The van der Waals surface area contributed by atoms with Crippen LogP contribution in [0.4, 0.5) is 0 Å². The molecular weight excluding hydrogens is 268 g/mol. The lowest BCUT2D eigenvalue weighted by atomic mass is 10.1. The smallest absolute Gasteiger partial charge is 0.119 e. The topological polar surface area (TPSA) is 34.1 Å². The number of hydrogen-bond acceptors (Lipinski definition) is 4. The number of nitrogens with zero attached hydrogens (tertiary/aromatic N) is 1. The Labute approximate surface area is 125 Å². The first-order chi connectivity index (χ1) is 9.65. The zero-order valence-electron chi connectivity index (χ0n) is 12.3. The molecule has 0 aliphatic heterocycles. The molecule has 0 amide bonds. The summed E-state index contributed by atoms with van der Waals surface area (Å²) in [6, 6.07) is 8.62. The first kappa shape index (κ1) is 15.0. The fourth-order valence-corrected chi connectivity index (χ4v) is 2.37. The number of aromatic nitrogens is 1. The standard InChI is InChI=1S/C16H22N2OS/c1-12(2)9-19-16-6-4-14(5-7-16)13(3)17-8-15-10-20-11-18-15/h4-7,10-13,17H,8-9H2,1-3H3. The molecule has 108 valence electrons. The summed E-state index contributed by atoms with van der Waals surface area (Å²) in [5.41, 5.74) is 4.22. The van der Waals surface area contributed by atoms with Gasteiger partial charge in [-0.3, -0.25) is 0 Å². The molecule has 0 radical (unpaired) electrons. The zero-order chi connectivity index (χ0) is 14.4. The van der Waals surface area contributed by atoms with Gasteiger partial charge in [-0.25, -0.2) is 4.98 Å². The molecule has 0 aliphatic rings. The molecule has 1 aromatic carbocycles. The van der Waals surface area contributed by atoms with Gasteiger partial charge < -0.3 is 10.1 Å². The maximum Gasteiger partial charge on any atom is 0.119 e. The lowest BCUT2D eigenvalue weighted by molar-refractivity contribution is 0.271. The Bertz CT molecular complexity index is 494. The molecule has 1 aromatic heterocycles. The van der Waals surface area contributed by atoms with Gasteiger partial charge in [-0.1, -0.05) is 26.0 Å². The van der Waals surface area contributed by atoms with E-state index in [0.29, 0.717) is 12.0 Å². The van der Waals surface area contributed by atoms with Gasteiger partial charge in [-0.05, 0) is 30.5 Å². The summed E-state index contributed by atoms with van der Waals surface area (Å²) >= 11 is 1.63. The summed E-state index contributed by atoms with van der Waals surface area (Å²) in [5, 5.41) is 5.55. The van der Waals surface area contributed by atoms with Crippen molar-refractivity contribution in [2.45, 2.75) is 33.4 Å². The van der Waals surface area contributed by atoms with Gasteiger partial charge in [-0.15, -0.1) is 11.3 Å². The fourth-order valence-electron chi connectivity index (χ4n) is 1.82. The first-order valence-electron chi connectivity index (χ1n) is 6.98. The number of nitrogens with one attached hydrogen (secondary N) is 1. The van der Waals surface area contributed by atoms with E-state index in [0.717, 1.165) is 24.6 Å². The highest BCUT2D eigenvalue weighted by Crippen LogP contribution is 2.18. The van der Waals surface area contributed by atoms with Gasteiger partial charge in [0.25, 0.3) is 0 Å². The molecule has 4 heteroatoms. The van der Waals surface area contributed by atoms with Crippen LogP contribution in [0.1, 0.15) is 38.1 Å². The van der Waals surface area contributed by atoms with Gasteiger partial charge in [-0.2, -0.15) is 0 Å². The Morgan fingerprint density at radius 3 is 2.55 bits per heavy atom. The minimum absolute atomic E-state index is 0.302. The van der Waals surface area contributed by atoms with Gasteiger partial charge in [0, 0.05) is 18.0 Å². The van der Waals surface area contributed by atoms with Crippen molar-refractivity contribution in [1.29, 1.82) is 0 Å². The van der Waals surface area contributed by atoms with Crippen LogP contribution in [0.25, 0.3) is 0 Å². The Balaban J connectivity index is 1.85. The summed E-state index contributed by atoms with van der Waals surface area (Å²) in [6.07, 6.45) is 0. The van der Waals surface area contributed by atoms with Gasteiger partial charge in [0.2, 0.25) is 0 Å². The van der Waals surface area contributed by atoms with E-state index in [2.05, 4.69) is 48.6 Å². The van der Waals surface area contributed by atoms with Crippen LogP contribution < -0.4 is 10.1 Å². The Morgan fingerprint density at radius 1 is 1.20 bits per heavy atom. The summed E-state index contributed by atoms with van der Waals surface area (Å²) in [7, 11) is 0. The average molecular weight is 290 g/mol. The first-order valence-corrected chi connectivity index (χ1v) is 7.92. The number of benzene rings is 1. The van der Waals surface area contributed by atoms with Crippen LogP contribution in [-0.4, -0.2) is 11.6 Å². The molecule has 1 heterocycles. The second kappa shape index (κ2) is 7.41. The highest BCUT2D eigenvalue weighted by Gasteiger charge is 2.06. The Kier molecular flexibility index (Phi) is 5.56. The van der Waals surface area contributed by atoms with Gasteiger partial charge in [0.05, 0.1) is 17.8 Å². The molecule has 3 nitrogen and oxygen atoms in total. The largest absolute Gasteiger partial charge is 0.493 e. The average Bonchev–Trinajstić information content (AvgIpc) is 2.96. The second-order valence-corrected chi connectivity index (χ2v) is 6.07. The van der Waals surface area contributed by atoms with Crippen LogP contribution in [0.3, 0.4) is 0 Å². The zero-order valence-corrected chi connectivity index (χ0v) is 13.1. The molecule has 0 saturated carbocycles. The molecule has 1 N–H and O–H groups in total. The predicted octanol–water partition coefficient (Wildman–Crippen LogP) is 4.03. The Morgan fingerprint density at radius 2 is 1.95 bits per heavy atom. The highest BCUT2D eigenvalue weighted by atomic mass is 32.1. The van der Waals surface area contributed by atoms with E-state index in [9.17, 15) is 0 Å². The Hall–Kier alpha value is -1.39. The highest BCUT2D eigenvalue weighted by molar-refractivity contribution is 7.07. The van der Waals surface area contributed by atoms with E-state index in [1.54, 1.807) is 11.3 Å². The molecule has 0 fully saturated rings. The van der Waals surface area contributed by atoms with Crippen molar-refractivity contribution in [1.82, 2.24) is 10.3 Å². The predicted molar refractivity (Wildman–Crippen MR) is 84.1 cm³/mol. The second-order valence-electron chi connectivity index (χ2n) is 5.36. The van der Waals surface area contributed by atoms with Crippen molar-refractivity contribution in [2.24, 2.45) is 5.92 Å². The van der Waals surface area contributed by atoms with E-state index < -0.39 is 0 Å². The van der Waals surface area contributed by atoms with E-state index >= 15 is 0 Å². The normalized spacial score (nSPS) is 12.6. The van der Waals surface area contributed by atoms with Crippen molar-refractivity contribution in [3.8, 4) is 5.75 Å². The molecule has 1 atom stereocenters. The number of thiazole rings is 1. The third-order valence-electron chi connectivity index (χ3n) is 3.04. The number of hydrogen-bond donors (Lipinski definition) is 1. The van der Waals surface area contributed by atoms with Crippen LogP contribution in [-0.2, 0) is 6.54 Å². The van der Waals surface area contributed by atoms with E-state index in [-0.39, 0.29) is 0 Å². The quantitative estimate of drug-likeness (QED) is 0.836. The third-order valence-corrected chi connectivity index (χ3v) is 3.67. The summed E-state index contributed by atoms with van der Waals surface area (Å²) in [4.78, 5) is 4.27. The van der Waals surface area contributed by atoms with Gasteiger partial charge in [0.1, 0.15) is 5.75 Å². The van der Waals surface area contributed by atoms with Crippen molar-refractivity contribution in [2.75, 3.05) is 6.61 Å². The number of ether oxygens (including phenoxy) is 1. The van der Waals surface area contributed by atoms with E-state index in [4.69, 9.17) is 4.74 Å². The SMILES string of the molecule is CC(C)COc1ccc(C(C)NCc2cscn2)cc1. The van der Waals surface area contributed by atoms with Crippen molar-refractivity contribution < 1.29 is 4.74 Å². The summed E-state index contributed by atoms with van der Waals surface area (Å²) in [6.45, 7) is 8.03. The number of rotatable bonds is 7. The summed E-state index contributed by atoms with van der Waals surface area (Å²) in [5.74, 6) is 1.49. The lowest BCUT2D eigenvalue weighted by Crippen LogP contribution is -2.18. The minimum Gasteiger partial charge on any atom is -0.493 e. The summed E-state index contributed by atoms with van der Waals surface area (Å²) < 4.78 is 5.69. The molecule has 2 aromatic rings.